The standard InChI is InChI=1S/C15H16FNO3/c1-20-9-6-15(7-9)8-12(18)17-14(19)13(15)10-4-2-3-5-11(10)16/h2-5,9,13H,6-8H2,1H3,(H,17,18,19). The van der Waals surface area contributed by atoms with Gasteiger partial charge in [-0.05, 0) is 24.3 Å². The SMILES string of the molecule is COC1CC2(CC(=O)NC(=O)C2c2ccccc2F)C1. The second kappa shape index (κ2) is 4.66. The molecule has 1 aliphatic carbocycles. The van der Waals surface area contributed by atoms with Crippen LogP contribution in [0, 0.1) is 11.2 Å². The zero-order chi connectivity index (χ0) is 14.3. The van der Waals surface area contributed by atoms with E-state index in [9.17, 15) is 14.0 Å². The van der Waals surface area contributed by atoms with E-state index < -0.39 is 23.1 Å². The maximum absolute atomic E-state index is 14.0. The van der Waals surface area contributed by atoms with Gasteiger partial charge in [0, 0.05) is 19.1 Å². The molecule has 1 aromatic carbocycles. The van der Waals surface area contributed by atoms with Crippen LogP contribution in [0.15, 0.2) is 24.3 Å². The molecule has 0 radical (unpaired) electrons. The third-order valence-corrected chi connectivity index (χ3v) is 4.47. The number of benzene rings is 1. The predicted octanol–water partition coefficient (Wildman–Crippen LogP) is 1.75. The van der Waals surface area contributed by atoms with Gasteiger partial charge >= 0.3 is 0 Å². The molecule has 5 heteroatoms. The van der Waals surface area contributed by atoms with Crippen molar-refractivity contribution in [3.05, 3.63) is 35.6 Å². The van der Waals surface area contributed by atoms with Crippen molar-refractivity contribution in [2.24, 2.45) is 5.41 Å². The number of carbonyl (C=O) groups is 2. The number of amides is 2. The second-order valence-electron chi connectivity index (χ2n) is 5.67. The predicted molar refractivity (Wildman–Crippen MR) is 69.4 cm³/mol. The van der Waals surface area contributed by atoms with Crippen molar-refractivity contribution in [3.8, 4) is 0 Å². The maximum atomic E-state index is 14.0. The van der Waals surface area contributed by atoms with E-state index in [1.54, 1.807) is 25.3 Å². The van der Waals surface area contributed by atoms with Gasteiger partial charge in [-0.25, -0.2) is 4.39 Å². The molecule has 1 spiro atoms. The van der Waals surface area contributed by atoms with E-state index in [2.05, 4.69) is 5.32 Å². The molecular formula is C15H16FNO3. The number of hydrogen-bond donors (Lipinski definition) is 1. The van der Waals surface area contributed by atoms with E-state index in [1.165, 1.54) is 6.07 Å². The topological polar surface area (TPSA) is 55.4 Å². The molecule has 1 saturated heterocycles. The molecule has 1 unspecified atom stereocenters. The van der Waals surface area contributed by atoms with E-state index in [1.807, 2.05) is 0 Å². The zero-order valence-corrected chi connectivity index (χ0v) is 11.2. The highest BCUT2D eigenvalue weighted by molar-refractivity contribution is 6.02. The van der Waals surface area contributed by atoms with Gasteiger partial charge in [0.25, 0.3) is 0 Å². The molecule has 2 amide bonds. The monoisotopic (exact) mass is 277 g/mol. The Kier molecular flexibility index (Phi) is 3.09. The molecular weight excluding hydrogens is 261 g/mol. The van der Waals surface area contributed by atoms with Crippen LogP contribution in [0.1, 0.15) is 30.7 Å². The van der Waals surface area contributed by atoms with Gasteiger partial charge in [-0.3, -0.25) is 14.9 Å². The Hall–Kier alpha value is -1.75. The van der Waals surface area contributed by atoms with Gasteiger partial charge in [-0.15, -0.1) is 0 Å². The van der Waals surface area contributed by atoms with Crippen LogP contribution < -0.4 is 5.32 Å². The second-order valence-corrected chi connectivity index (χ2v) is 5.67. The first-order valence-corrected chi connectivity index (χ1v) is 6.67. The van der Waals surface area contributed by atoms with Crippen LogP contribution in [0.2, 0.25) is 0 Å². The van der Waals surface area contributed by atoms with E-state index >= 15 is 0 Å². The lowest BCUT2D eigenvalue weighted by atomic mass is 9.54. The van der Waals surface area contributed by atoms with Crippen molar-refractivity contribution in [3.63, 3.8) is 0 Å². The largest absolute Gasteiger partial charge is 0.381 e. The molecule has 4 nitrogen and oxygen atoms in total. The lowest BCUT2D eigenvalue weighted by Gasteiger charge is -2.52. The smallest absolute Gasteiger partial charge is 0.234 e. The molecule has 0 aromatic heterocycles. The molecule has 2 fully saturated rings. The average molecular weight is 277 g/mol. The van der Waals surface area contributed by atoms with Crippen molar-refractivity contribution in [2.75, 3.05) is 7.11 Å². The Bertz CT molecular complexity index is 566. The number of rotatable bonds is 2. The number of halogens is 1. The molecule has 1 N–H and O–H groups in total. The first-order chi connectivity index (χ1) is 9.55. The highest BCUT2D eigenvalue weighted by atomic mass is 19.1. The summed E-state index contributed by atoms with van der Waals surface area (Å²) in [6, 6.07) is 6.27. The highest BCUT2D eigenvalue weighted by Crippen LogP contribution is 2.56. The number of carbonyl (C=O) groups excluding carboxylic acids is 2. The summed E-state index contributed by atoms with van der Waals surface area (Å²) >= 11 is 0. The van der Waals surface area contributed by atoms with Crippen molar-refractivity contribution >= 4 is 11.8 Å². The average Bonchev–Trinajstić information content (AvgIpc) is 2.36. The molecule has 1 aromatic rings. The van der Waals surface area contributed by atoms with E-state index in [0.29, 0.717) is 18.4 Å². The van der Waals surface area contributed by atoms with Gasteiger partial charge in [0.05, 0.1) is 12.0 Å². The third kappa shape index (κ3) is 1.93. The number of hydrogen-bond acceptors (Lipinski definition) is 3. The van der Waals surface area contributed by atoms with Crippen LogP contribution >= 0.6 is 0 Å². The van der Waals surface area contributed by atoms with Crippen molar-refractivity contribution in [1.29, 1.82) is 0 Å². The van der Waals surface area contributed by atoms with E-state index in [-0.39, 0.29) is 18.4 Å². The molecule has 1 saturated carbocycles. The van der Waals surface area contributed by atoms with Gasteiger partial charge in [0.1, 0.15) is 5.82 Å². The maximum Gasteiger partial charge on any atom is 0.234 e. The normalized spacial score (nSPS) is 32.9. The van der Waals surface area contributed by atoms with Crippen molar-refractivity contribution < 1.29 is 18.7 Å². The molecule has 106 valence electrons. The number of imide groups is 1. The van der Waals surface area contributed by atoms with Crippen LogP contribution in [0.25, 0.3) is 0 Å². The zero-order valence-electron chi connectivity index (χ0n) is 11.2. The Morgan fingerprint density at radius 1 is 1.30 bits per heavy atom. The van der Waals surface area contributed by atoms with Gasteiger partial charge in [-0.1, -0.05) is 18.2 Å². The molecule has 20 heavy (non-hydrogen) atoms. The van der Waals surface area contributed by atoms with Crippen LogP contribution in [0.5, 0.6) is 0 Å². The van der Waals surface area contributed by atoms with Gasteiger partial charge in [0.2, 0.25) is 11.8 Å². The van der Waals surface area contributed by atoms with Crippen molar-refractivity contribution in [2.45, 2.75) is 31.3 Å². The number of methoxy groups -OCH3 is 1. The molecule has 3 rings (SSSR count). The molecule has 1 atom stereocenters. The highest BCUT2D eigenvalue weighted by Gasteiger charge is 2.57. The van der Waals surface area contributed by atoms with E-state index in [4.69, 9.17) is 4.74 Å². The molecule has 1 heterocycles. The first kappa shape index (κ1) is 13.2. The summed E-state index contributed by atoms with van der Waals surface area (Å²) in [4.78, 5) is 23.9. The number of piperidine rings is 1. The first-order valence-electron chi connectivity index (χ1n) is 6.67. The summed E-state index contributed by atoms with van der Waals surface area (Å²) in [7, 11) is 1.61. The Balaban J connectivity index is 2.00. The fourth-order valence-corrected chi connectivity index (χ4v) is 3.53. The minimum Gasteiger partial charge on any atom is -0.381 e. The minimum absolute atomic E-state index is 0.0444. The fraction of sp³-hybridized carbons (Fsp3) is 0.467. The summed E-state index contributed by atoms with van der Waals surface area (Å²) in [5, 5.41) is 2.33. The van der Waals surface area contributed by atoms with E-state index in [0.717, 1.165) is 0 Å². The summed E-state index contributed by atoms with van der Waals surface area (Å²) in [5.41, 5.74) is -0.130. The summed E-state index contributed by atoms with van der Waals surface area (Å²) in [6.45, 7) is 0. The van der Waals surface area contributed by atoms with Gasteiger partial charge in [0.15, 0.2) is 0 Å². The van der Waals surface area contributed by atoms with Crippen LogP contribution in [-0.4, -0.2) is 25.0 Å². The van der Waals surface area contributed by atoms with Gasteiger partial charge < -0.3 is 4.74 Å². The van der Waals surface area contributed by atoms with Gasteiger partial charge in [-0.2, -0.15) is 0 Å². The molecule has 2 aliphatic rings. The van der Waals surface area contributed by atoms with Crippen LogP contribution in [-0.2, 0) is 14.3 Å². The van der Waals surface area contributed by atoms with Crippen LogP contribution in [0.4, 0.5) is 4.39 Å². The lowest BCUT2D eigenvalue weighted by Crippen LogP contribution is -2.57. The minimum atomic E-state index is -0.618. The Labute approximate surface area is 116 Å². The molecule has 0 bridgehead atoms. The summed E-state index contributed by atoms with van der Waals surface area (Å²) in [6.07, 6.45) is 1.52. The molecule has 1 aliphatic heterocycles. The number of ether oxygens (including phenoxy) is 1. The Morgan fingerprint density at radius 3 is 2.65 bits per heavy atom. The number of nitrogens with one attached hydrogen (secondary N) is 1. The fourth-order valence-electron chi connectivity index (χ4n) is 3.53. The summed E-state index contributed by atoms with van der Waals surface area (Å²) < 4.78 is 19.3. The van der Waals surface area contributed by atoms with Crippen molar-refractivity contribution in [1.82, 2.24) is 5.32 Å². The third-order valence-electron chi connectivity index (χ3n) is 4.47. The Morgan fingerprint density at radius 2 is 2.00 bits per heavy atom. The quantitative estimate of drug-likeness (QED) is 0.838. The summed E-state index contributed by atoms with van der Waals surface area (Å²) in [5.74, 6) is -1.70. The lowest BCUT2D eigenvalue weighted by molar-refractivity contribution is -0.152. The van der Waals surface area contributed by atoms with Crippen LogP contribution in [0.3, 0.4) is 0 Å².